The average Bonchev–Trinajstić information content (AvgIpc) is 3.33. The first-order chi connectivity index (χ1) is 21.0. The number of allylic oxidation sites excluding steroid dienone is 1. The number of thiazole rings is 1. The van der Waals surface area contributed by atoms with Crippen LogP contribution in [0.2, 0.25) is 0 Å². The molecule has 5 aromatic rings. The summed E-state index contributed by atoms with van der Waals surface area (Å²) in [6.07, 6.45) is 1.82. The van der Waals surface area contributed by atoms with Crippen LogP contribution >= 0.6 is 11.3 Å². The fourth-order valence-electron chi connectivity index (χ4n) is 5.41. The minimum Gasteiger partial charge on any atom is -0.496 e. The SMILES string of the molecule is CCOC(=O)C1=C(C)N=c2s/c(=C\c3ccccc3OCc3ccccc3)c(=O)n2[C@@H]1c1c(OC)ccc2ccccc12. The molecule has 0 saturated heterocycles. The van der Waals surface area contributed by atoms with Crippen LogP contribution in [0.15, 0.2) is 112 Å². The molecule has 0 N–H and O–H groups in total. The number of benzene rings is 4. The van der Waals surface area contributed by atoms with E-state index in [9.17, 15) is 9.59 Å². The highest BCUT2D eigenvalue weighted by Crippen LogP contribution is 2.40. The van der Waals surface area contributed by atoms with Crippen molar-refractivity contribution in [1.82, 2.24) is 4.57 Å². The number of carbonyl (C=O) groups excluding carboxylic acids is 1. The van der Waals surface area contributed by atoms with E-state index in [4.69, 9.17) is 19.2 Å². The molecule has 0 amide bonds. The van der Waals surface area contributed by atoms with Gasteiger partial charge in [-0.3, -0.25) is 9.36 Å². The lowest BCUT2D eigenvalue weighted by atomic mass is 9.90. The number of hydrogen-bond donors (Lipinski definition) is 0. The van der Waals surface area contributed by atoms with Crippen molar-refractivity contribution in [3.63, 3.8) is 0 Å². The molecule has 43 heavy (non-hydrogen) atoms. The highest BCUT2D eigenvalue weighted by atomic mass is 32.1. The van der Waals surface area contributed by atoms with Gasteiger partial charge in [-0.15, -0.1) is 0 Å². The van der Waals surface area contributed by atoms with Crippen molar-refractivity contribution in [3.05, 3.63) is 139 Å². The van der Waals surface area contributed by atoms with E-state index in [0.717, 1.165) is 21.9 Å². The van der Waals surface area contributed by atoms with E-state index >= 15 is 0 Å². The number of rotatable bonds is 8. The van der Waals surface area contributed by atoms with E-state index in [1.165, 1.54) is 11.3 Å². The smallest absolute Gasteiger partial charge is 0.338 e. The summed E-state index contributed by atoms with van der Waals surface area (Å²) in [5.41, 5.74) is 3.06. The quantitative estimate of drug-likeness (QED) is 0.222. The molecule has 7 nitrogen and oxygen atoms in total. The summed E-state index contributed by atoms with van der Waals surface area (Å²) in [5, 5.41) is 1.83. The van der Waals surface area contributed by atoms with Crippen LogP contribution in [0.25, 0.3) is 16.8 Å². The van der Waals surface area contributed by atoms with Crippen LogP contribution in [0.3, 0.4) is 0 Å². The van der Waals surface area contributed by atoms with Crippen LogP contribution in [0.5, 0.6) is 11.5 Å². The number of esters is 1. The van der Waals surface area contributed by atoms with Gasteiger partial charge in [-0.1, -0.05) is 90.2 Å². The molecule has 0 fully saturated rings. The van der Waals surface area contributed by atoms with Gasteiger partial charge < -0.3 is 14.2 Å². The number of aromatic nitrogens is 1. The Morgan fingerprint density at radius 3 is 2.49 bits per heavy atom. The highest BCUT2D eigenvalue weighted by Gasteiger charge is 2.36. The summed E-state index contributed by atoms with van der Waals surface area (Å²) in [6, 6.07) is 28.4. The molecule has 8 heteroatoms. The zero-order chi connectivity index (χ0) is 29.9. The Balaban J connectivity index is 1.54. The first kappa shape index (κ1) is 28.2. The number of ether oxygens (including phenoxy) is 3. The number of hydrogen-bond acceptors (Lipinski definition) is 7. The molecule has 1 aliphatic heterocycles. The maximum atomic E-state index is 14.3. The van der Waals surface area contributed by atoms with Gasteiger partial charge in [0.1, 0.15) is 24.1 Å². The van der Waals surface area contributed by atoms with E-state index in [0.29, 0.717) is 44.3 Å². The minimum absolute atomic E-state index is 0.194. The third kappa shape index (κ3) is 5.37. The molecule has 0 bridgehead atoms. The van der Waals surface area contributed by atoms with Gasteiger partial charge in [0.05, 0.1) is 29.5 Å². The number of carbonyl (C=O) groups is 1. The highest BCUT2D eigenvalue weighted by molar-refractivity contribution is 7.07. The van der Waals surface area contributed by atoms with Crippen molar-refractivity contribution in [2.45, 2.75) is 26.5 Å². The van der Waals surface area contributed by atoms with Gasteiger partial charge in [0.2, 0.25) is 0 Å². The molecule has 2 heterocycles. The molecule has 0 radical (unpaired) electrons. The molecule has 1 aromatic heterocycles. The molecule has 1 aliphatic rings. The van der Waals surface area contributed by atoms with E-state index in [-0.39, 0.29) is 12.2 Å². The van der Waals surface area contributed by atoms with Crippen LogP contribution in [-0.4, -0.2) is 24.3 Å². The van der Waals surface area contributed by atoms with Gasteiger partial charge in [0.25, 0.3) is 5.56 Å². The molecule has 4 aromatic carbocycles. The van der Waals surface area contributed by atoms with Gasteiger partial charge in [-0.2, -0.15) is 0 Å². The molecule has 216 valence electrons. The Kier molecular flexibility index (Phi) is 7.94. The average molecular weight is 591 g/mol. The molecule has 0 aliphatic carbocycles. The summed E-state index contributed by atoms with van der Waals surface area (Å²) in [5.74, 6) is 0.708. The third-order valence-electron chi connectivity index (χ3n) is 7.38. The van der Waals surface area contributed by atoms with Crippen molar-refractivity contribution < 1.29 is 19.0 Å². The largest absolute Gasteiger partial charge is 0.496 e. The normalized spacial score (nSPS) is 14.8. The topological polar surface area (TPSA) is 79.1 Å². The summed E-state index contributed by atoms with van der Waals surface area (Å²) in [4.78, 5) is 33.0. The van der Waals surface area contributed by atoms with Crippen LogP contribution < -0.4 is 24.4 Å². The summed E-state index contributed by atoms with van der Waals surface area (Å²) in [7, 11) is 1.59. The third-order valence-corrected chi connectivity index (χ3v) is 8.37. The molecule has 0 unspecified atom stereocenters. The van der Waals surface area contributed by atoms with Gasteiger partial charge >= 0.3 is 5.97 Å². The van der Waals surface area contributed by atoms with Gasteiger partial charge in [0, 0.05) is 11.1 Å². The zero-order valence-electron chi connectivity index (χ0n) is 24.1. The Morgan fingerprint density at radius 2 is 1.70 bits per heavy atom. The number of para-hydroxylation sites is 1. The lowest BCUT2D eigenvalue weighted by molar-refractivity contribution is -0.139. The molecule has 1 atom stereocenters. The van der Waals surface area contributed by atoms with Gasteiger partial charge in [-0.05, 0) is 48.4 Å². The van der Waals surface area contributed by atoms with Crippen molar-refractivity contribution in [3.8, 4) is 11.5 Å². The van der Waals surface area contributed by atoms with E-state index in [2.05, 4.69) is 0 Å². The van der Waals surface area contributed by atoms with Crippen LogP contribution in [-0.2, 0) is 16.1 Å². The van der Waals surface area contributed by atoms with E-state index < -0.39 is 12.0 Å². The fraction of sp³-hybridized carbons (Fsp3) is 0.171. The van der Waals surface area contributed by atoms with Gasteiger partial charge in [-0.25, -0.2) is 9.79 Å². The maximum absolute atomic E-state index is 14.3. The lowest BCUT2D eigenvalue weighted by Gasteiger charge is -2.27. The Morgan fingerprint density at radius 1 is 0.953 bits per heavy atom. The standard InChI is InChI=1S/C35H30N2O5S/c1-4-41-34(39)30-22(2)36-35-37(32(30)31-26-16-10-8-14-24(26)18-19-28(31)40-3)33(38)29(43-35)20-25-15-9-11-17-27(25)42-21-23-12-6-5-7-13-23/h5-20,32H,4,21H2,1-3H3/b29-20-/t32-/m0/s1. The van der Waals surface area contributed by atoms with E-state index in [1.807, 2.05) is 97.1 Å². The monoisotopic (exact) mass is 590 g/mol. The lowest BCUT2D eigenvalue weighted by Crippen LogP contribution is -2.40. The molecule has 0 spiro atoms. The first-order valence-corrected chi connectivity index (χ1v) is 14.8. The number of nitrogens with zero attached hydrogens (tertiary/aromatic N) is 2. The Bertz CT molecular complexity index is 2040. The minimum atomic E-state index is -0.803. The second-order valence-corrected chi connectivity index (χ2v) is 11.0. The molecular weight excluding hydrogens is 560 g/mol. The summed E-state index contributed by atoms with van der Waals surface area (Å²) >= 11 is 1.27. The fourth-order valence-corrected chi connectivity index (χ4v) is 6.45. The van der Waals surface area contributed by atoms with Crippen molar-refractivity contribution in [2.75, 3.05) is 13.7 Å². The molecule has 6 rings (SSSR count). The van der Waals surface area contributed by atoms with Crippen molar-refractivity contribution >= 4 is 34.2 Å². The predicted molar refractivity (Wildman–Crippen MR) is 168 cm³/mol. The van der Waals surface area contributed by atoms with Crippen molar-refractivity contribution in [2.24, 2.45) is 4.99 Å². The number of methoxy groups -OCH3 is 1. The predicted octanol–water partition coefficient (Wildman–Crippen LogP) is 5.54. The number of fused-ring (bicyclic) bond motifs is 2. The van der Waals surface area contributed by atoms with Crippen LogP contribution in [0, 0.1) is 0 Å². The Labute approximate surface area is 252 Å². The molecule has 0 saturated carbocycles. The maximum Gasteiger partial charge on any atom is 0.338 e. The van der Waals surface area contributed by atoms with Crippen LogP contribution in [0.1, 0.15) is 36.6 Å². The van der Waals surface area contributed by atoms with Crippen LogP contribution in [0.4, 0.5) is 0 Å². The summed E-state index contributed by atoms with van der Waals surface area (Å²) < 4.78 is 19.5. The first-order valence-electron chi connectivity index (χ1n) is 14.0. The molecular formula is C35H30N2O5S. The van der Waals surface area contributed by atoms with Crippen molar-refractivity contribution in [1.29, 1.82) is 0 Å². The Hall–Kier alpha value is -4.95. The van der Waals surface area contributed by atoms with E-state index in [1.54, 1.807) is 25.5 Å². The second kappa shape index (κ2) is 12.1. The van der Waals surface area contributed by atoms with Gasteiger partial charge in [0.15, 0.2) is 4.80 Å². The summed E-state index contributed by atoms with van der Waals surface area (Å²) in [6.45, 7) is 4.13. The second-order valence-electron chi connectivity index (χ2n) is 10.0. The zero-order valence-corrected chi connectivity index (χ0v) is 24.9.